The monoisotopic (exact) mass is 287 g/mol. The fourth-order valence-corrected chi connectivity index (χ4v) is 1.78. The summed E-state index contributed by atoms with van der Waals surface area (Å²) in [6.07, 6.45) is 3.04. The van der Waals surface area contributed by atoms with Crippen molar-refractivity contribution in [1.29, 1.82) is 0 Å². The molecule has 0 bridgehead atoms. The Morgan fingerprint density at radius 1 is 1.39 bits per heavy atom. The molecule has 1 rings (SSSR count). The third kappa shape index (κ3) is 5.54. The van der Waals surface area contributed by atoms with Crippen molar-refractivity contribution in [3.05, 3.63) is 39.9 Å². The molecule has 98 valence electrons. The quantitative estimate of drug-likeness (QED) is 0.818. The first-order chi connectivity index (χ1) is 8.51. The van der Waals surface area contributed by atoms with Crippen molar-refractivity contribution in [2.24, 2.45) is 5.92 Å². The second-order valence-corrected chi connectivity index (χ2v) is 4.94. The number of carbonyl (C=O) groups excluding carboxylic acids is 1. The summed E-state index contributed by atoms with van der Waals surface area (Å²) in [4.78, 5) is 11.5. The van der Waals surface area contributed by atoms with E-state index in [1.54, 1.807) is 24.3 Å². The molecule has 0 fully saturated rings. The Balaban J connectivity index is 2.55. The van der Waals surface area contributed by atoms with Crippen molar-refractivity contribution in [3.8, 4) is 0 Å². The van der Waals surface area contributed by atoms with Crippen molar-refractivity contribution >= 4 is 35.2 Å². The van der Waals surface area contributed by atoms with Gasteiger partial charge in [-0.25, -0.2) is 0 Å². The van der Waals surface area contributed by atoms with E-state index in [4.69, 9.17) is 28.3 Å². The van der Waals surface area contributed by atoms with E-state index >= 15 is 0 Å². The van der Waals surface area contributed by atoms with Gasteiger partial charge in [0, 0.05) is 29.3 Å². The topological polar surface area (TPSA) is 49.3 Å². The first-order valence-corrected chi connectivity index (χ1v) is 6.29. The molecular weight excluding hydrogens is 273 g/mol. The van der Waals surface area contributed by atoms with Crippen LogP contribution in [0.25, 0.3) is 6.08 Å². The molecule has 1 amide bonds. The Hall–Kier alpha value is -1.03. The minimum absolute atomic E-state index is 0.0444. The average Bonchev–Trinajstić information content (AvgIpc) is 2.32. The van der Waals surface area contributed by atoms with Crippen LogP contribution in [0, 0.1) is 5.92 Å². The molecule has 0 aliphatic heterocycles. The number of aliphatic hydroxyl groups excluding tert-OH is 1. The molecule has 3 nitrogen and oxygen atoms in total. The lowest BCUT2D eigenvalue weighted by atomic mass is 10.2. The number of carbonyl (C=O) groups is 1. The van der Waals surface area contributed by atoms with Gasteiger partial charge in [0.25, 0.3) is 0 Å². The van der Waals surface area contributed by atoms with Crippen LogP contribution in [0.1, 0.15) is 12.5 Å². The number of halogens is 2. The molecule has 1 aromatic carbocycles. The maximum atomic E-state index is 11.5. The van der Waals surface area contributed by atoms with Gasteiger partial charge in [0.05, 0.1) is 0 Å². The molecule has 0 heterocycles. The fourth-order valence-electron chi connectivity index (χ4n) is 1.24. The number of hydrogen-bond donors (Lipinski definition) is 2. The van der Waals surface area contributed by atoms with Crippen molar-refractivity contribution < 1.29 is 9.90 Å². The zero-order valence-electron chi connectivity index (χ0n) is 9.99. The highest BCUT2D eigenvalue weighted by Crippen LogP contribution is 2.19. The van der Waals surface area contributed by atoms with E-state index < -0.39 is 0 Å². The van der Waals surface area contributed by atoms with Crippen LogP contribution in [0.5, 0.6) is 0 Å². The summed E-state index contributed by atoms with van der Waals surface area (Å²) >= 11 is 11.7. The van der Waals surface area contributed by atoms with E-state index in [0.29, 0.717) is 16.6 Å². The summed E-state index contributed by atoms with van der Waals surface area (Å²) in [6, 6.07) is 5.06. The Morgan fingerprint density at radius 3 is 2.56 bits per heavy atom. The maximum Gasteiger partial charge on any atom is 0.244 e. The lowest BCUT2D eigenvalue weighted by molar-refractivity contribution is -0.116. The molecule has 0 spiro atoms. The SMILES string of the molecule is CC(CO)CNC(=O)C=Cc1cc(Cl)cc(Cl)c1. The van der Waals surface area contributed by atoms with Gasteiger partial charge in [-0.05, 0) is 35.8 Å². The van der Waals surface area contributed by atoms with Crippen LogP contribution in [0.2, 0.25) is 10.0 Å². The molecule has 1 unspecified atom stereocenters. The normalized spacial score (nSPS) is 12.7. The minimum Gasteiger partial charge on any atom is -0.396 e. The highest BCUT2D eigenvalue weighted by molar-refractivity contribution is 6.34. The molecule has 0 saturated heterocycles. The van der Waals surface area contributed by atoms with Crippen molar-refractivity contribution in [3.63, 3.8) is 0 Å². The second kappa shape index (κ2) is 7.41. The van der Waals surface area contributed by atoms with Crippen molar-refractivity contribution in [2.75, 3.05) is 13.2 Å². The smallest absolute Gasteiger partial charge is 0.244 e. The molecule has 0 aliphatic rings. The molecular formula is C13H15Cl2NO2. The largest absolute Gasteiger partial charge is 0.396 e. The molecule has 18 heavy (non-hydrogen) atoms. The zero-order chi connectivity index (χ0) is 13.5. The maximum absolute atomic E-state index is 11.5. The number of rotatable bonds is 5. The lowest BCUT2D eigenvalue weighted by Crippen LogP contribution is -2.27. The average molecular weight is 288 g/mol. The van der Waals surface area contributed by atoms with E-state index in [1.165, 1.54) is 6.08 Å². The highest BCUT2D eigenvalue weighted by Gasteiger charge is 2.01. The van der Waals surface area contributed by atoms with Crippen LogP contribution in [0.4, 0.5) is 0 Å². The van der Waals surface area contributed by atoms with Gasteiger partial charge >= 0.3 is 0 Å². The van der Waals surface area contributed by atoms with Gasteiger partial charge in [-0.1, -0.05) is 30.1 Å². The predicted octanol–water partition coefficient (Wildman–Crippen LogP) is 2.75. The molecule has 0 aliphatic carbocycles. The van der Waals surface area contributed by atoms with Crippen molar-refractivity contribution in [2.45, 2.75) is 6.92 Å². The zero-order valence-corrected chi connectivity index (χ0v) is 11.5. The van der Waals surface area contributed by atoms with Crippen LogP contribution in [-0.4, -0.2) is 24.2 Å². The summed E-state index contributed by atoms with van der Waals surface area (Å²) in [5.41, 5.74) is 0.762. The number of amides is 1. The first-order valence-electron chi connectivity index (χ1n) is 5.54. The van der Waals surface area contributed by atoms with Crippen molar-refractivity contribution in [1.82, 2.24) is 5.32 Å². The molecule has 1 atom stereocenters. The third-order valence-electron chi connectivity index (χ3n) is 2.25. The summed E-state index contributed by atoms with van der Waals surface area (Å²) < 4.78 is 0. The van der Waals surface area contributed by atoms with Gasteiger partial charge in [0.2, 0.25) is 5.91 Å². The van der Waals surface area contributed by atoms with E-state index in [0.717, 1.165) is 5.56 Å². The van der Waals surface area contributed by atoms with Gasteiger partial charge in [-0.2, -0.15) is 0 Å². The van der Waals surface area contributed by atoms with Crippen LogP contribution in [0.3, 0.4) is 0 Å². The number of aliphatic hydroxyl groups is 1. The van der Waals surface area contributed by atoms with Gasteiger partial charge in [-0.3, -0.25) is 4.79 Å². The molecule has 5 heteroatoms. The molecule has 1 aromatic rings. The number of nitrogens with one attached hydrogen (secondary N) is 1. The Labute approximate surface area is 116 Å². The Kier molecular flexibility index (Phi) is 6.19. The summed E-state index contributed by atoms with van der Waals surface area (Å²) in [5.74, 6) is -0.172. The van der Waals surface area contributed by atoms with Gasteiger partial charge in [0.15, 0.2) is 0 Å². The van der Waals surface area contributed by atoms with E-state index in [9.17, 15) is 4.79 Å². The van der Waals surface area contributed by atoms with E-state index in [-0.39, 0.29) is 18.4 Å². The Morgan fingerprint density at radius 2 is 2.00 bits per heavy atom. The number of hydrogen-bond acceptors (Lipinski definition) is 2. The lowest BCUT2D eigenvalue weighted by Gasteiger charge is -2.07. The third-order valence-corrected chi connectivity index (χ3v) is 2.68. The van der Waals surface area contributed by atoms with Crippen LogP contribution < -0.4 is 5.32 Å². The second-order valence-electron chi connectivity index (χ2n) is 4.07. The highest BCUT2D eigenvalue weighted by atomic mass is 35.5. The van der Waals surface area contributed by atoms with E-state index in [1.807, 2.05) is 6.92 Å². The molecule has 0 saturated carbocycles. The van der Waals surface area contributed by atoms with Gasteiger partial charge < -0.3 is 10.4 Å². The van der Waals surface area contributed by atoms with Crippen LogP contribution in [0.15, 0.2) is 24.3 Å². The molecule has 0 radical (unpaired) electrons. The number of benzene rings is 1. The minimum atomic E-state index is -0.216. The van der Waals surface area contributed by atoms with Gasteiger partial charge in [0.1, 0.15) is 0 Å². The Bertz CT molecular complexity index is 426. The van der Waals surface area contributed by atoms with Crippen LogP contribution in [-0.2, 0) is 4.79 Å². The fraction of sp³-hybridized carbons (Fsp3) is 0.308. The van der Waals surface area contributed by atoms with E-state index in [2.05, 4.69) is 5.32 Å². The summed E-state index contributed by atoms with van der Waals surface area (Å²) in [5, 5.41) is 12.5. The van der Waals surface area contributed by atoms with Gasteiger partial charge in [-0.15, -0.1) is 0 Å². The summed E-state index contributed by atoms with van der Waals surface area (Å²) in [7, 11) is 0. The predicted molar refractivity (Wildman–Crippen MR) is 74.8 cm³/mol. The molecule has 0 aromatic heterocycles. The molecule has 2 N–H and O–H groups in total. The first kappa shape index (κ1) is 15.0. The standard InChI is InChI=1S/C13H15Cl2NO2/c1-9(8-17)7-16-13(18)3-2-10-4-11(14)6-12(15)5-10/h2-6,9,17H,7-8H2,1H3,(H,16,18). The van der Waals surface area contributed by atoms with Crippen LogP contribution >= 0.6 is 23.2 Å². The summed E-state index contributed by atoms with van der Waals surface area (Å²) in [6.45, 7) is 2.34.